The highest BCUT2D eigenvalue weighted by Gasteiger charge is 2.46. The number of hydrogen-bond donors (Lipinski definition) is 2. The van der Waals surface area contributed by atoms with Crippen molar-refractivity contribution in [2.45, 2.75) is 57.5 Å². The van der Waals surface area contributed by atoms with E-state index in [0.717, 1.165) is 32.1 Å². The van der Waals surface area contributed by atoms with Crippen molar-refractivity contribution in [2.75, 3.05) is 0 Å². The summed E-state index contributed by atoms with van der Waals surface area (Å²) in [6, 6.07) is 0. The molecule has 2 N–H and O–H groups in total. The van der Waals surface area contributed by atoms with Gasteiger partial charge in [-0.1, -0.05) is 12.8 Å². The van der Waals surface area contributed by atoms with E-state index >= 15 is 0 Å². The van der Waals surface area contributed by atoms with Crippen molar-refractivity contribution in [2.24, 2.45) is 17.8 Å². The second-order valence-corrected chi connectivity index (χ2v) is 6.04. The van der Waals surface area contributed by atoms with Crippen molar-refractivity contribution in [1.82, 2.24) is 0 Å². The molecule has 6 nitrogen and oxygen atoms in total. The molecule has 21 heavy (non-hydrogen) atoms. The monoisotopic (exact) mass is 298 g/mol. The third kappa shape index (κ3) is 3.74. The summed E-state index contributed by atoms with van der Waals surface area (Å²) >= 11 is 0. The van der Waals surface area contributed by atoms with Crippen molar-refractivity contribution in [3.05, 3.63) is 0 Å². The summed E-state index contributed by atoms with van der Waals surface area (Å²) in [6.45, 7) is 0. The molecule has 0 spiro atoms. The summed E-state index contributed by atoms with van der Waals surface area (Å²) in [6.07, 6.45) is 5.92. The fraction of sp³-hybridized carbons (Fsp3) is 0.800. The first kappa shape index (κ1) is 15.8. The minimum absolute atomic E-state index is 0.133. The van der Waals surface area contributed by atoms with Crippen LogP contribution < -0.4 is 0 Å². The highest BCUT2D eigenvalue weighted by Crippen LogP contribution is 2.37. The molecule has 0 aliphatic heterocycles. The summed E-state index contributed by atoms with van der Waals surface area (Å²) in [5, 5.41) is 18.5. The molecule has 2 aliphatic rings. The lowest BCUT2D eigenvalue weighted by Crippen LogP contribution is -2.43. The largest absolute Gasteiger partial charge is 0.481 e. The molecule has 2 aliphatic carbocycles. The molecular formula is C15H22O6. The Morgan fingerprint density at radius 3 is 1.95 bits per heavy atom. The van der Waals surface area contributed by atoms with Crippen LogP contribution in [-0.2, 0) is 19.1 Å². The van der Waals surface area contributed by atoms with Crippen LogP contribution in [0.3, 0.4) is 0 Å². The minimum Gasteiger partial charge on any atom is -0.481 e. The highest BCUT2D eigenvalue weighted by atomic mass is 16.5. The fourth-order valence-electron chi connectivity index (χ4n) is 3.52. The van der Waals surface area contributed by atoms with Crippen LogP contribution in [0.5, 0.6) is 0 Å². The maximum absolute atomic E-state index is 12.3. The lowest BCUT2D eigenvalue weighted by Gasteiger charge is -2.33. The molecule has 2 rings (SSSR count). The molecule has 118 valence electrons. The zero-order valence-electron chi connectivity index (χ0n) is 12.0. The average Bonchev–Trinajstić information content (AvgIpc) is 2.47. The van der Waals surface area contributed by atoms with Gasteiger partial charge in [0, 0.05) is 0 Å². The van der Waals surface area contributed by atoms with Gasteiger partial charge in [0.2, 0.25) is 0 Å². The molecule has 6 heteroatoms. The van der Waals surface area contributed by atoms with E-state index in [-0.39, 0.29) is 6.10 Å². The number of esters is 1. The Morgan fingerprint density at radius 1 is 0.762 bits per heavy atom. The van der Waals surface area contributed by atoms with Gasteiger partial charge in [-0.2, -0.15) is 0 Å². The van der Waals surface area contributed by atoms with Crippen LogP contribution in [-0.4, -0.2) is 34.2 Å². The predicted molar refractivity (Wildman–Crippen MR) is 72.6 cm³/mol. The van der Waals surface area contributed by atoms with Gasteiger partial charge < -0.3 is 14.9 Å². The molecule has 2 fully saturated rings. The smallest absolute Gasteiger partial charge is 0.310 e. The van der Waals surface area contributed by atoms with Crippen LogP contribution in [0.15, 0.2) is 0 Å². The number of carboxylic acids is 2. The Bertz CT molecular complexity index is 412. The summed E-state index contributed by atoms with van der Waals surface area (Å²) in [5.74, 6) is -5.89. The van der Waals surface area contributed by atoms with Gasteiger partial charge in [0.05, 0.1) is 17.8 Å². The van der Waals surface area contributed by atoms with Crippen LogP contribution in [0, 0.1) is 17.8 Å². The predicted octanol–water partition coefficient (Wildman–Crippen LogP) is 2.06. The number of hydrogen-bond acceptors (Lipinski definition) is 4. The van der Waals surface area contributed by atoms with Crippen molar-refractivity contribution < 1.29 is 29.3 Å². The Morgan fingerprint density at radius 2 is 1.38 bits per heavy atom. The van der Waals surface area contributed by atoms with Crippen LogP contribution in [0.1, 0.15) is 51.4 Å². The molecule has 0 aromatic heterocycles. The van der Waals surface area contributed by atoms with Crippen LogP contribution in [0.2, 0.25) is 0 Å². The molecule has 0 bridgehead atoms. The summed E-state index contributed by atoms with van der Waals surface area (Å²) in [5.41, 5.74) is 0. The van der Waals surface area contributed by atoms with Crippen molar-refractivity contribution in [3.8, 4) is 0 Å². The molecule has 2 saturated carbocycles. The zero-order chi connectivity index (χ0) is 15.4. The van der Waals surface area contributed by atoms with Crippen molar-refractivity contribution >= 4 is 17.9 Å². The van der Waals surface area contributed by atoms with Gasteiger partial charge in [0.25, 0.3) is 0 Å². The minimum atomic E-state index is -1.22. The number of carbonyl (C=O) groups excluding carboxylic acids is 1. The molecular weight excluding hydrogens is 276 g/mol. The first-order chi connectivity index (χ1) is 10.0. The van der Waals surface area contributed by atoms with Gasteiger partial charge in [0.1, 0.15) is 6.10 Å². The zero-order valence-corrected chi connectivity index (χ0v) is 12.0. The van der Waals surface area contributed by atoms with E-state index in [4.69, 9.17) is 9.84 Å². The van der Waals surface area contributed by atoms with Crippen molar-refractivity contribution in [3.63, 3.8) is 0 Å². The maximum Gasteiger partial charge on any atom is 0.310 e. The van der Waals surface area contributed by atoms with Gasteiger partial charge in [-0.05, 0) is 38.5 Å². The topological polar surface area (TPSA) is 101 Å². The molecule has 0 radical (unpaired) electrons. The van der Waals surface area contributed by atoms with Crippen LogP contribution in [0.4, 0.5) is 0 Å². The molecule has 0 aromatic carbocycles. The summed E-state index contributed by atoms with van der Waals surface area (Å²) in [7, 11) is 0. The van der Waals surface area contributed by atoms with E-state index in [9.17, 15) is 19.5 Å². The van der Waals surface area contributed by atoms with Crippen molar-refractivity contribution in [1.29, 1.82) is 0 Å². The molecule has 0 amide bonds. The van der Waals surface area contributed by atoms with Gasteiger partial charge in [-0.3, -0.25) is 14.4 Å². The summed E-state index contributed by atoms with van der Waals surface area (Å²) < 4.78 is 5.44. The van der Waals surface area contributed by atoms with E-state index in [1.807, 2.05) is 0 Å². The SMILES string of the molecule is O=C(O)C1CCCC(C(=O)OC2CCCCC2)C1C(=O)O. The van der Waals surface area contributed by atoms with E-state index in [1.54, 1.807) is 0 Å². The molecule has 3 unspecified atom stereocenters. The van der Waals surface area contributed by atoms with Gasteiger partial charge in [-0.25, -0.2) is 0 Å². The Balaban J connectivity index is 2.05. The fourth-order valence-corrected chi connectivity index (χ4v) is 3.52. The normalized spacial score (nSPS) is 30.6. The van der Waals surface area contributed by atoms with E-state index in [0.29, 0.717) is 19.3 Å². The number of ether oxygens (including phenoxy) is 1. The summed E-state index contributed by atoms with van der Waals surface area (Å²) in [4.78, 5) is 34.9. The first-order valence-corrected chi connectivity index (χ1v) is 7.67. The Labute approximate surface area is 123 Å². The molecule has 3 atom stereocenters. The lowest BCUT2D eigenvalue weighted by atomic mass is 9.72. The first-order valence-electron chi connectivity index (χ1n) is 7.67. The van der Waals surface area contributed by atoms with Gasteiger partial charge in [0.15, 0.2) is 0 Å². The average molecular weight is 298 g/mol. The van der Waals surface area contributed by atoms with Gasteiger partial charge in [-0.15, -0.1) is 0 Å². The third-order valence-corrected chi connectivity index (χ3v) is 4.64. The second-order valence-electron chi connectivity index (χ2n) is 6.04. The van der Waals surface area contributed by atoms with Crippen LogP contribution >= 0.6 is 0 Å². The van der Waals surface area contributed by atoms with E-state index < -0.39 is 35.7 Å². The number of rotatable bonds is 4. The third-order valence-electron chi connectivity index (χ3n) is 4.64. The lowest BCUT2D eigenvalue weighted by molar-refractivity contribution is -0.170. The quantitative estimate of drug-likeness (QED) is 0.770. The number of aliphatic carboxylic acids is 2. The molecule has 0 saturated heterocycles. The Kier molecular flexibility index (Phi) is 5.20. The van der Waals surface area contributed by atoms with E-state index in [1.165, 1.54) is 0 Å². The van der Waals surface area contributed by atoms with E-state index in [2.05, 4.69) is 0 Å². The molecule has 0 heterocycles. The highest BCUT2D eigenvalue weighted by molar-refractivity contribution is 5.86. The van der Waals surface area contributed by atoms with Gasteiger partial charge >= 0.3 is 17.9 Å². The molecule has 0 aromatic rings. The number of carboxylic acid groups (broad SMARTS) is 2. The Hall–Kier alpha value is -1.59. The second kappa shape index (κ2) is 6.91. The standard InChI is InChI=1S/C15H22O6/c16-13(17)10-7-4-8-11(12(10)14(18)19)15(20)21-9-5-2-1-3-6-9/h9-12H,1-8H2,(H,16,17)(H,18,19). The maximum atomic E-state index is 12.3. The number of carbonyl (C=O) groups is 3. The van der Waals surface area contributed by atoms with Crippen LogP contribution in [0.25, 0.3) is 0 Å².